The Labute approximate surface area is 135 Å². The van der Waals surface area contributed by atoms with Crippen LogP contribution in [0, 0.1) is 0 Å². The van der Waals surface area contributed by atoms with Gasteiger partial charge in [0.1, 0.15) is 0 Å². The lowest BCUT2D eigenvalue weighted by Crippen LogP contribution is -2.33. The van der Waals surface area contributed by atoms with Gasteiger partial charge in [-0.15, -0.1) is 0 Å². The molecule has 4 rings (SSSR count). The summed E-state index contributed by atoms with van der Waals surface area (Å²) >= 11 is 0. The number of allylic oxidation sites excluding steroid dienone is 1. The van der Waals surface area contributed by atoms with Crippen molar-refractivity contribution in [2.75, 3.05) is 16.5 Å². The summed E-state index contributed by atoms with van der Waals surface area (Å²) < 4.78 is 0. The second-order valence-corrected chi connectivity index (χ2v) is 5.70. The Morgan fingerprint density at radius 2 is 1.52 bits per heavy atom. The van der Waals surface area contributed by atoms with Gasteiger partial charge in [0.25, 0.3) is 5.91 Å². The van der Waals surface area contributed by atoms with Crippen molar-refractivity contribution in [3.05, 3.63) is 71.9 Å². The molecule has 0 saturated heterocycles. The molecule has 0 radical (unpaired) electrons. The second-order valence-electron chi connectivity index (χ2n) is 5.70. The van der Waals surface area contributed by atoms with Gasteiger partial charge in [0.2, 0.25) is 0 Å². The number of rotatable bonds is 2. The lowest BCUT2D eigenvalue weighted by Gasteiger charge is -2.30. The van der Waals surface area contributed by atoms with Gasteiger partial charge in [-0.2, -0.15) is 10.1 Å². The third-order valence-corrected chi connectivity index (χ3v) is 4.32. The molecule has 0 saturated carbocycles. The molecule has 0 N–H and O–H groups in total. The number of hydrazone groups is 1. The number of anilines is 2. The largest absolute Gasteiger partial charge is 0.344 e. The van der Waals surface area contributed by atoms with Crippen LogP contribution in [0.25, 0.3) is 0 Å². The summed E-state index contributed by atoms with van der Waals surface area (Å²) in [5, 5.41) is 6.07. The van der Waals surface area contributed by atoms with Crippen molar-refractivity contribution < 1.29 is 4.79 Å². The van der Waals surface area contributed by atoms with Gasteiger partial charge in [0.05, 0.1) is 17.0 Å². The molecule has 2 aliphatic rings. The molecule has 2 heterocycles. The van der Waals surface area contributed by atoms with Gasteiger partial charge < -0.3 is 4.90 Å². The van der Waals surface area contributed by atoms with Crippen LogP contribution in [0.4, 0.5) is 11.4 Å². The Balaban J connectivity index is 1.74. The molecule has 0 aromatic heterocycles. The first kappa shape index (κ1) is 13.8. The molecular weight excluding hydrogens is 286 g/mol. The van der Waals surface area contributed by atoms with E-state index in [9.17, 15) is 4.79 Å². The Kier molecular flexibility index (Phi) is 3.23. The monoisotopic (exact) mass is 303 g/mol. The van der Waals surface area contributed by atoms with Gasteiger partial charge in [-0.25, -0.2) is 0 Å². The third-order valence-electron chi connectivity index (χ3n) is 4.32. The van der Waals surface area contributed by atoms with Gasteiger partial charge >= 0.3 is 0 Å². The van der Waals surface area contributed by atoms with E-state index in [4.69, 9.17) is 0 Å². The second kappa shape index (κ2) is 5.39. The SMILES string of the molecule is CC1=C2C(=O)N(c3ccccc3)N=C2CCN1c1ccccc1. The standard InChI is InChI=1S/C19H17N3O/c1-14-18-17(12-13-21(14)15-8-4-2-5-9-15)20-22(19(18)23)16-10-6-3-7-11-16/h2-11H,12-13H2,1H3. The Morgan fingerprint density at radius 3 is 2.17 bits per heavy atom. The van der Waals surface area contributed by atoms with Gasteiger partial charge in [-0.1, -0.05) is 36.4 Å². The van der Waals surface area contributed by atoms with Gasteiger partial charge in [0.15, 0.2) is 0 Å². The average Bonchev–Trinajstić information content (AvgIpc) is 2.94. The number of amides is 1. The maximum Gasteiger partial charge on any atom is 0.282 e. The molecule has 0 spiro atoms. The normalized spacial score (nSPS) is 17.4. The predicted molar refractivity (Wildman–Crippen MR) is 92.5 cm³/mol. The van der Waals surface area contributed by atoms with Crippen molar-refractivity contribution in [2.45, 2.75) is 13.3 Å². The summed E-state index contributed by atoms with van der Waals surface area (Å²) in [7, 11) is 0. The van der Waals surface area contributed by atoms with E-state index in [-0.39, 0.29) is 5.91 Å². The quantitative estimate of drug-likeness (QED) is 0.850. The third kappa shape index (κ3) is 2.23. The molecule has 0 atom stereocenters. The highest BCUT2D eigenvalue weighted by Crippen LogP contribution is 2.32. The van der Waals surface area contributed by atoms with E-state index in [0.29, 0.717) is 0 Å². The first-order chi connectivity index (χ1) is 11.3. The van der Waals surface area contributed by atoms with Crippen LogP contribution in [0.2, 0.25) is 0 Å². The summed E-state index contributed by atoms with van der Waals surface area (Å²) in [5.74, 6) is -0.0377. The molecular formula is C19H17N3O. The maximum atomic E-state index is 12.9. The van der Waals surface area contributed by atoms with E-state index in [1.165, 1.54) is 5.01 Å². The minimum absolute atomic E-state index is 0.0377. The molecule has 2 aliphatic heterocycles. The number of nitrogens with zero attached hydrogens (tertiary/aromatic N) is 3. The minimum Gasteiger partial charge on any atom is -0.344 e. The molecule has 4 nitrogen and oxygen atoms in total. The van der Waals surface area contributed by atoms with Crippen LogP contribution in [-0.4, -0.2) is 18.2 Å². The van der Waals surface area contributed by atoms with Crippen LogP contribution in [0.1, 0.15) is 13.3 Å². The smallest absolute Gasteiger partial charge is 0.282 e. The van der Waals surface area contributed by atoms with E-state index in [2.05, 4.69) is 22.1 Å². The fourth-order valence-electron chi connectivity index (χ4n) is 3.18. The van der Waals surface area contributed by atoms with Crippen LogP contribution in [0.5, 0.6) is 0 Å². The summed E-state index contributed by atoms with van der Waals surface area (Å²) in [6, 6.07) is 19.8. The molecule has 0 fully saturated rings. The molecule has 23 heavy (non-hydrogen) atoms. The Morgan fingerprint density at radius 1 is 0.913 bits per heavy atom. The number of carbonyl (C=O) groups excluding carboxylic acids is 1. The van der Waals surface area contributed by atoms with Crippen LogP contribution in [-0.2, 0) is 4.79 Å². The number of fused-ring (bicyclic) bond motifs is 1. The summed E-state index contributed by atoms with van der Waals surface area (Å²) in [5.41, 5.74) is 4.53. The van der Waals surface area contributed by atoms with Crippen LogP contribution in [0.3, 0.4) is 0 Å². The van der Waals surface area contributed by atoms with Crippen molar-refractivity contribution in [2.24, 2.45) is 5.10 Å². The van der Waals surface area contributed by atoms with Crippen molar-refractivity contribution in [1.82, 2.24) is 0 Å². The van der Waals surface area contributed by atoms with E-state index in [1.54, 1.807) is 0 Å². The van der Waals surface area contributed by atoms with Crippen molar-refractivity contribution >= 4 is 23.0 Å². The van der Waals surface area contributed by atoms with E-state index in [1.807, 2.05) is 55.5 Å². The Bertz CT molecular complexity index is 809. The van der Waals surface area contributed by atoms with E-state index in [0.717, 1.165) is 41.3 Å². The molecule has 114 valence electrons. The Hall–Kier alpha value is -2.88. The highest BCUT2D eigenvalue weighted by atomic mass is 16.2. The van der Waals surface area contributed by atoms with Crippen LogP contribution in [0.15, 0.2) is 77.0 Å². The molecule has 2 aromatic rings. The van der Waals surface area contributed by atoms with Crippen molar-refractivity contribution in [1.29, 1.82) is 0 Å². The summed E-state index contributed by atoms with van der Waals surface area (Å²) in [6.45, 7) is 2.84. The lowest BCUT2D eigenvalue weighted by atomic mass is 10.00. The van der Waals surface area contributed by atoms with E-state index < -0.39 is 0 Å². The zero-order valence-electron chi connectivity index (χ0n) is 12.9. The molecule has 1 amide bonds. The highest BCUT2D eigenvalue weighted by molar-refractivity contribution is 6.31. The van der Waals surface area contributed by atoms with E-state index >= 15 is 0 Å². The lowest BCUT2D eigenvalue weighted by molar-refractivity contribution is -0.114. The van der Waals surface area contributed by atoms with Crippen molar-refractivity contribution in [3.63, 3.8) is 0 Å². The van der Waals surface area contributed by atoms with Crippen LogP contribution < -0.4 is 9.91 Å². The topological polar surface area (TPSA) is 35.9 Å². The zero-order chi connectivity index (χ0) is 15.8. The minimum atomic E-state index is -0.0377. The van der Waals surface area contributed by atoms with Crippen molar-refractivity contribution in [3.8, 4) is 0 Å². The number of benzene rings is 2. The average molecular weight is 303 g/mol. The summed E-state index contributed by atoms with van der Waals surface area (Å²) in [4.78, 5) is 15.0. The molecule has 0 unspecified atom stereocenters. The zero-order valence-corrected chi connectivity index (χ0v) is 12.9. The van der Waals surface area contributed by atoms with Gasteiger partial charge in [0, 0.05) is 24.4 Å². The number of hydrogen-bond donors (Lipinski definition) is 0. The number of carbonyl (C=O) groups is 1. The molecule has 4 heteroatoms. The van der Waals surface area contributed by atoms with Gasteiger partial charge in [-0.05, 0) is 31.2 Å². The predicted octanol–water partition coefficient (Wildman–Crippen LogP) is 3.57. The first-order valence-electron chi connectivity index (χ1n) is 7.76. The fraction of sp³-hybridized carbons (Fsp3) is 0.158. The van der Waals surface area contributed by atoms with Gasteiger partial charge in [-0.3, -0.25) is 4.79 Å². The van der Waals surface area contributed by atoms with Crippen LogP contribution >= 0.6 is 0 Å². The first-order valence-corrected chi connectivity index (χ1v) is 7.76. The number of para-hydroxylation sites is 2. The molecule has 0 bridgehead atoms. The molecule has 0 aliphatic carbocycles. The summed E-state index contributed by atoms with van der Waals surface area (Å²) in [6.07, 6.45) is 0.774. The highest BCUT2D eigenvalue weighted by Gasteiger charge is 2.36. The fourth-order valence-corrected chi connectivity index (χ4v) is 3.18. The molecule has 2 aromatic carbocycles. The maximum absolute atomic E-state index is 12.9. The number of hydrogen-bond acceptors (Lipinski definition) is 3.